The molecule has 3 heterocycles. The van der Waals surface area contributed by atoms with Crippen LogP contribution in [0.3, 0.4) is 0 Å². The lowest BCUT2D eigenvalue weighted by atomic mass is 9.97. The molecule has 2 aliphatic rings. The highest BCUT2D eigenvalue weighted by Crippen LogP contribution is 2.28. The van der Waals surface area contributed by atoms with Crippen molar-refractivity contribution in [2.24, 2.45) is 0 Å². The molecular formula is C22H31N5O2. The van der Waals surface area contributed by atoms with Crippen molar-refractivity contribution in [2.45, 2.75) is 52.1 Å². The molecule has 0 N–H and O–H groups in total. The summed E-state index contributed by atoms with van der Waals surface area (Å²) in [6.45, 7) is 9.05. The molecule has 0 bridgehead atoms. The van der Waals surface area contributed by atoms with Crippen LogP contribution in [-0.2, 0) is 24.3 Å². The van der Waals surface area contributed by atoms with Crippen LogP contribution < -0.4 is 4.74 Å². The summed E-state index contributed by atoms with van der Waals surface area (Å²) in [5, 5.41) is 9.05. The summed E-state index contributed by atoms with van der Waals surface area (Å²) < 4.78 is 7.89. The maximum absolute atomic E-state index is 11.8. The number of nitrogens with zero attached hydrogens (tertiary/aromatic N) is 5. The molecule has 0 spiro atoms. The van der Waals surface area contributed by atoms with Gasteiger partial charge in [-0.2, -0.15) is 0 Å². The number of hydrogen-bond acceptors (Lipinski definition) is 5. The van der Waals surface area contributed by atoms with Crippen molar-refractivity contribution in [1.82, 2.24) is 24.6 Å². The van der Waals surface area contributed by atoms with Gasteiger partial charge in [-0.25, -0.2) is 0 Å². The number of aromatic nitrogens is 3. The number of piperidine rings is 1. The van der Waals surface area contributed by atoms with Crippen molar-refractivity contribution < 1.29 is 9.53 Å². The first-order valence-corrected chi connectivity index (χ1v) is 10.6. The SMILES string of the molecule is COc1cc(C)ccc1CN1CCc2nnc([C@H]3CCCN(C(C)=O)C3)n2CC1. The number of amides is 1. The Kier molecular flexibility index (Phi) is 5.85. The summed E-state index contributed by atoms with van der Waals surface area (Å²) >= 11 is 0. The Morgan fingerprint density at radius 2 is 2.07 bits per heavy atom. The predicted octanol–water partition coefficient (Wildman–Crippen LogP) is 2.38. The highest BCUT2D eigenvalue weighted by molar-refractivity contribution is 5.73. The van der Waals surface area contributed by atoms with Gasteiger partial charge in [0.05, 0.1) is 7.11 Å². The van der Waals surface area contributed by atoms with E-state index in [0.717, 1.165) is 75.9 Å². The lowest BCUT2D eigenvalue weighted by molar-refractivity contribution is -0.130. The molecule has 2 aliphatic heterocycles. The van der Waals surface area contributed by atoms with Gasteiger partial charge in [-0.05, 0) is 31.4 Å². The van der Waals surface area contributed by atoms with E-state index in [1.807, 2.05) is 4.90 Å². The first kappa shape index (κ1) is 19.9. The van der Waals surface area contributed by atoms with E-state index in [1.54, 1.807) is 14.0 Å². The predicted molar refractivity (Wildman–Crippen MR) is 111 cm³/mol. The molecule has 1 atom stereocenters. The highest BCUT2D eigenvalue weighted by Gasteiger charge is 2.29. The number of ether oxygens (including phenoxy) is 1. The lowest BCUT2D eigenvalue weighted by Gasteiger charge is -2.31. The van der Waals surface area contributed by atoms with Gasteiger partial charge in [0.25, 0.3) is 0 Å². The normalized spacial score (nSPS) is 20.2. The van der Waals surface area contributed by atoms with Crippen molar-refractivity contribution >= 4 is 5.91 Å². The van der Waals surface area contributed by atoms with E-state index in [0.29, 0.717) is 0 Å². The molecule has 4 rings (SSSR count). The van der Waals surface area contributed by atoms with Gasteiger partial charge < -0.3 is 14.2 Å². The second-order valence-corrected chi connectivity index (χ2v) is 8.27. The van der Waals surface area contributed by atoms with Crippen LogP contribution in [0, 0.1) is 6.92 Å². The third-order valence-corrected chi connectivity index (χ3v) is 6.22. The topological polar surface area (TPSA) is 63.5 Å². The molecule has 156 valence electrons. The number of carbonyl (C=O) groups excluding carboxylic acids is 1. The Balaban J connectivity index is 1.46. The van der Waals surface area contributed by atoms with Crippen LogP contribution >= 0.6 is 0 Å². The fourth-order valence-corrected chi connectivity index (χ4v) is 4.55. The molecule has 0 saturated carbocycles. The largest absolute Gasteiger partial charge is 0.496 e. The number of benzene rings is 1. The Bertz CT molecular complexity index is 878. The molecule has 1 aromatic carbocycles. The molecular weight excluding hydrogens is 366 g/mol. The maximum Gasteiger partial charge on any atom is 0.219 e. The number of hydrogen-bond donors (Lipinski definition) is 0. The molecule has 29 heavy (non-hydrogen) atoms. The molecule has 1 amide bonds. The summed E-state index contributed by atoms with van der Waals surface area (Å²) in [5.74, 6) is 3.53. The minimum absolute atomic E-state index is 0.156. The molecule has 1 aromatic heterocycles. The minimum atomic E-state index is 0.156. The third kappa shape index (κ3) is 4.29. The smallest absolute Gasteiger partial charge is 0.219 e. The van der Waals surface area contributed by atoms with Crippen LogP contribution in [0.15, 0.2) is 18.2 Å². The van der Waals surface area contributed by atoms with Crippen LogP contribution in [0.1, 0.15) is 48.5 Å². The highest BCUT2D eigenvalue weighted by atomic mass is 16.5. The summed E-state index contributed by atoms with van der Waals surface area (Å²) in [5.41, 5.74) is 2.43. The standard InChI is InChI=1S/C22H31N5O2/c1-16-6-7-18(20(13-16)29-3)14-25-10-8-21-23-24-22(27(21)12-11-25)19-5-4-9-26(15-19)17(2)28/h6-7,13,19H,4-5,8-12,14-15H2,1-3H3/t19-/m0/s1. The van der Waals surface area contributed by atoms with Gasteiger partial charge in [0, 0.05) is 64.1 Å². The number of rotatable bonds is 4. The lowest BCUT2D eigenvalue weighted by Crippen LogP contribution is -2.38. The van der Waals surface area contributed by atoms with Crippen molar-refractivity contribution in [2.75, 3.05) is 33.3 Å². The van der Waals surface area contributed by atoms with E-state index in [-0.39, 0.29) is 11.8 Å². The average molecular weight is 398 g/mol. The van der Waals surface area contributed by atoms with Crippen molar-refractivity contribution in [3.05, 3.63) is 41.0 Å². The molecule has 2 aromatic rings. The molecule has 7 nitrogen and oxygen atoms in total. The van der Waals surface area contributed by atoms with Crippen molar-refractivity contribution in [3.8, 4) is 5.75 Å². The zero-order valence-electron chi connectivity index (χ0n) is 17.7. The Labute approximate surface area is 172 Å². The molecule has 0 aliphatic carbocycles. The van der Waals surface area contributed by atoms with E-state index < -0.39 is 0 Å². The van der Waals surface area contributed by atoms with E-state index in [4.69, 9.17) is 4.74 Å². The number of likely N-dealkylation sites (tertiary alicyclic amines) is 1. The van der Waals surface area contributed by atoms with Gasteiger partial charge in [0.2, 0.25) is 5.91 Å². The van der Waals surface area contributed by atoms with E-state index in [2.05, 4.69) is 44.8 Å². The fourth-order valence-electron chi connectivity index (χ4n) is 4.55. The summed E-state index contributed by atoms with van der Waals surface area (Å²) in [6, 6.07) is 6.42. The second kappa shape index (κ2) is 8.53. The quantitative estimate of drug-likeness (QED) is 0.793. The Morgan fingerprint density at radius 1 is 1.21 bits per heavy atom. The van der Waals surface area contributed by atoms with Crippen LogP contribution in [0.25, 0.3) is 0 Å². The Morgan fingerprint density at radius 3 is 2.86 bits per heavy atom. The van der Waals surface area contributed by atoms with Crippen molar-refractivity contribution in [1.29, 1.82) is 0 Å². The average Bonchev–Trinajstić information content (AvgIpc) is 3.03. The van der Waals surface area contributed by atoms with Crippen LogP contribution in [0.4, 0.5) is 0 Å². The van der Waals surface area contributed by atoms with E-state index >= 15 is 0 Å². The van der Waals surface area contributed by atoms with Crippen LogP contribution in [-0.4, -0.2) is 63.8 Å². The first-order chi connectivity index (χ1) is 14.0. The van der Waals surface area contributed by atoms with E-state index in [9.17, 15) is 4.79 Å². The third-order valence-electron chi connectivity index (χ3n) is 6.22. The molecule has 7 heteroatoms. The van der Waals surface area contributed by atoms with Gasteiger partial charge in [-0.15, -0.1) is 10.2 Å². The molecule has 0 radical (unpaired) electrons. The van der Waals surface area contributed by atoms with Crippen LogP contribution in [0.5, 0.6) is 5.75 Å². The van der Waals surface area contributed by atoms with Gasteiger partial charge >= 0.3 is 0 Å². The zero-order chi connectivity index (χ0) is 20.4. The molecule has 1 saturated heterocycles. The number of fused-ring (bicyclic) bond motifs is 1. The van der Waals surface area contributed by atoms with Crippen LogP contribution in [0.2, 0.25) is 0 Å². The zero-order valence-corrected chi connectivity index (χ0v) is 17.7. The first-order valence-electron chi connectivity index (χ1n) is 10.6. The summed E-state index contributed by atoms with van der Waals surface area (Å²) in [7, 11) is 1.74. The monoisotopic (exact) mass is 397 g/mol. The van der Waals surface area contributed by atoms with Crippen molar-refractivity contribution in [3.63, 3.8) is 0 Å². The van der Waals surface area contributed by atoms with E-state index in [1.165, 1.54) is 11.1 Å². The van der Waals surface area contributed by atoms with Gasteiger partial charge in [0.15, 0.2) is 0 Å². The minimum Gasteiger partial charge on any atom is -0.496 e. The second-order valence-electron chi connectivity index (χ2n) is 8.27. The Hall–Kier alpha value is -2.41. The fraction of sp³-hybridized carbons (Fsp3) is 0.591. The van der Waals surface area contributed by atoms with Gasteiger partial charge in [-0.3, -0.25) is 9.69 Å². The molecule has 0 unspecified atom stereocenters. The summed E-state index contributed by atoms with van der Waals surface area (Å²) in [4.78, 5) is 16.2. The number of aryl methyl sites for hydroxylation is 1. The number of carbonyl (C=O) groups is 1. The van der Waals surface area contributed by atoms with Gasteiger partial charge in [-0.1, -0.05) is 12.1 Å². The van der Waals surface area contributed by atoms with Gasteiger partial charge in [0.1, 0.15) is 17.4 Å². The number of methoxy groups -OCH3 is 1. The maximum atomic E-state index is 11.8. The summed E-state index contributed by atoms with van der Waals surface area (Å²) in [6.07, 6.45) is 3.00. The molecule has 1 fully saturated rings.